The van der Waals surface area contributed by atoms with Crippen molar-refractivity contribution in [1.29, 1.82) is 0 Å². The number of carbonyl (C=O) groups excluding carboxylic acids is 1. The SMILES string of the molecule is CNC(=O)Oc1ccc2onc(NCCN3CCOCC3)c2c1. The summed E-state index contributed by atoms with van der Waals surface area (Å²) < 4.78 is 15.7. The fourth-order valence-corrected chi connectivity index (χ4v) is 2.42. The second-order valence-electron chi connectivity index (χ2n) is 5.21. The van der Waals surface area contributed by atoms with E-state index in [0.29, 0.717) is 17.2 Å². The summed E-state index contributed by atoms with van der Waals surface area (Å²) in [6, 6.07) is 5.13. The van der Waals surface area contributed by atoms with Crippen LogP contribution in [-0.2, 0) is 4.74 Å². The summed E-state index contributed by atoms with van der Waals surface area (Å²) in [5, 5.41) is 10.5. The van der Waals surface area contributed by atoms with Crippen molar-refractivity contribution in [2.24, 2.45) is 0 Å². The summed E-state index contributed by atoms with van der Waals surface area (Å²) in [5.74, 6) is 1.09. The topological polar surface area (TPSA) is 88.9 Å². The molecule has 124 valence electrons. The molecule has 0 bridgehead atoms. The molecule has 0 atom stereocenters. The van der Waals surface area contributed by atoms with Gasteiger partial charge in [0.25, 0.3) is 0 Å². The number of nitrogens with one attached hydrogen (secondary N) is 2. The second-order valence-corrected chi connectivity index (χ2v) is 5.21. The van der Waals surface area contributed by atoms with Crippen LogP contribution in [0, 0.1) is 0 Å². The molecule has 1 aliphatic rings. The van der Waals surface area contributed by atoms with Crippen LogP contribution in [0.2, 0.25) is 0 Å². The number of anilines is 1. The van der Waals surface area contributed by atoms with E-state index in [2.05, 4.69) is 20.7 Å². The first kappa shape index (κ1) is 15.6. The van der Waals surface area contributed by atoms with Crippen LogP contribution in [0.5, 0.6) is 5.75 Å². The third kappa shape index (κ3) is 3.91. The van der Waals surface area contributed by atoms with Crippen molar-refractivity contribution in [1.82, 2.24) is 15.4 Å². The molecule has 8 heteroatoms. The van der Waals surface area contributed by atoms with Crippen molar-refractivity contribution in [2.45, 2.75) is 0 Å². The van der Waals surface area contributed by atoms with E-state index in [1.165, 1.54) is 7.05 Å². The molecule has 1 aromatic carbocycles. The van der Waals surface area contributed by atoms with Gasteiger partial charge in [0.2, 0.25) is 0 Å². The van der Waals surface area contributed by atoms with E-state index < -0.39 is 6.09 Å². The highest BCUT2D eigenvalue weighted by Gasteiger charge is 2.13. The highest BCUT2D eigenvalue weighted by atomic mass is 16.6. The van der Waals surface area contributed by atoms with Crippen LogP contribution >= 0.6 is 0 Å². The van der Waals surface area contributed by atoms with Crippen molar-refractivity contribution in [3.63, 3.8) is 0 Å². The number of amides is 1. The molecule has 1 amide bonds. The fraction of sp³-hybridized carbons (Fsp3) is 0.467. The lowest BCUT2D eigenvalue weighted by molar-refractivity contribution is 0.0398. The maximum Gasteiger partial charge on any atom is 0.412 e. The summed E-state index contributed by atoms with van der Waals surface area (Å²) >= 11 is 0. The summed E-state index contributed by atoms with van der Waals surface area (Å²) in [7, 11) is 1.51. The minimum absolute atomic E-state index is 0.441. The lowest BCUT2D eigenvalue weighted by atomic mass is 10.2. The van der Waals surface area contributed by atoms with Crippen molar-refractivity contribution in [2.75, 3.05) is 51.8 Å². The van der Waals surface area contributed by atoms with E-state index in [0.717, 1.165) is 44.8 Å². The van der Waals surface area contributed by atoms with Crippen molar-refractivity contribution in [3.8, 4) is 5.75 Å². The minimum Gasteiger partial charge on any atom is -0.410 e. The maximum atomic E-state index is 11.3. The molecule has 8 nitrogen and oxygen atoms in total. The van der Waals surface area contributed by atoms with Gasteiger partial charge in [0.15, 0.2) is 11.4 Å². The van der Waals surface area contributed by atoms with E-state index in [1.54, 1.807) is 18.2 Å². The Bertz CT molecular complexity index is 667. The van der Waals surface area contributed by atoms with Gasteiger partial charge in [-0.15, -0.1) is 0 Å². The molecular weight excluding hydrogens is 300 g/mol. The van der Waals surface area contributed by atoms with Crippen LogP contribution in [0.25, 0.3) is 11.0 Å². The van der Waals surface area contributed by atoms with Crippen LogP contribution in [0.1, 0.15) is 0 Å². The quantitative estimate of drug-likeness (QED) is 0.858. The fourth-order valence-electron chi connectivity index (χ4n) is 2.42. The number of benzene rings is 1. The third-order valence-electron chi connectivity index (χ3n) is 3.68. The molecule has 0 spiro atoms. The molecule has 0 aliphatic carbocycles. The van der Waals surface area contributed by atoms with E-state index in [-0.39, 0.29) is 0 Å². The number of aromatic nitrogens is 1. The lowest BCUT2D eigenvalue weighted by Crippen LogP contribution is -2.39. The predicted molar refractivity (Wildman–Crippen MR) is 84.8 cm³/mol. The van der Waals surface area contributed by atoms with E-state index in [1.807, 2.05) is 0 Å². The summed E-state index contributed by atoms with van der Waals surface area (Å²) in [5.41, 5.74) is 0.642. The molecule has 1 aliphatic heterocycles. The van der Waals surface area contributed by atoms with Gasteiger partial charge < -0.3 is 24.6 Å². The van der Waals surface area contributed by atoms with Gasteiger partial charge in [-0.3, -0.25) is 4.90 Å². The summed E-state index contributed by atoms with van der Waals surface area (Å²) in [6.45, 7) is 5.13. The van der Waals surface area contributed by atoms with Crippen LogP contribution in [0.4, 0.5) is 10.6 Å². The number of ether oxygens (including phenoxy) is 2. The number of hydrogen-bond acceptors (Lipinski definition) is 7. The Morgan fingerprint density at radius 2 is 2.22 bits per heavy atom. The smallest absolute Gasteiger partial charge is 0.410 e. The van der Waals surface area contributed by atoms with E-state index in [4.69, 9.17) is 14.0 Å². The number of nitrogens with zero attached hydrogens (tertiary/aromatic N) is 2. The maximum absolute atomic E-state index is 11.3. The molecule has 1 fully saturated rings. The van der Waals surface area contributed by atoms with Crippen LogP contribution in [-0.4, -0.2) is 62.6 Å². The summed E-state index contributed by atoms with van der Waals surface area (Å²) in [4.78, 5) is 13.6. The van der Waals surface area contributed by atoms with Crippen LogP contribution in [0.15, 0.2) is 22.7 Å². The molecule has 0 unspecified atom stereocenters. The Morgan fingerprint density at radius 3 is 3.00 bits per heavy atom. The Morgan fingerprint density at radius 1 is 1.39 bits per heavy atom. The van der Waals surface area contributed by atoms with Gasteiger partial charge in [-0.25, -0.2) is 4.79 Å². The Hall–Kier alpha value is -2.32. The largest absolute Gasteiger partial charge is 0.412 e. The van der Waals surface area contributed by atoms with Crippen LogP contribution in [0.3, 0.4) is 0 Å². The third-order valence-corrected chi connectivity index (χ3v) is 3.68. The molecule has 0 radical (unpaired) electrons. The monoisotopic (exact) mass is 320 g/mol. The number of rotatable bonds is 5. The van der Waals surface area contributed by atoms with Gasteiger partial charge in [-0.2, -0.15) is 0 Å². The number of hydrogen-bond donors (Lipinski definition) is 2. The zero-order valence-electron chi connectivity index (χ0n) is 13.0. The average molecular weight is 320 g/mol. The lowest BCUT2D eigenvalue weighted by Gasteiger charge is -2.26. The van der Waals surface area contributed by atoms with Gasteiger partial charge >= 0.3 is 6.09 Å². The number of fused-ring (bicyclic) bond motifs is 1. The highest BCUT2D eigenvalue weighted by Crippen LogP contribution is 2.27. The van der Waals surface area contributed by atoms with Gasteiger partial charge in [-0.1, -0.05) is 5.16 Å². The zero-order valence-corrected chi connectivity index (χ0v) is 13.0. The summed E-state index contributed by atoms with van der Waals surface area (Å²) in [6.07, 6.45) is -0.511. The first-order valence-corrected chi connectivity index (χ1v) is 7.59. The Labute approximate surface area is 133 Å². The Kier molecular flexibility index (Phi) is 4.94. The van der Waals surface area contributed by atoms with Crippen molar-refractivity contribution < 1.29 is 18.8 Å². The normalized spacial score (nSPS) is 15.5. The standard InChI is InChI=1S/C15H20N4O4/c1-16-15(20)22-11-2-3-13-12(10-11)14(18-23-13)17-4-5-19-6-8-21-9-7-19/h2-3,10H,4-9H2,1H3,(H,16,20)(H,17,18). The Balaban J connectivity index is 1.63. The van der Waals surface area contributed by atoms with Gasteiger partial charge in [0.1, 0.15) is 5.75 Å². The molecule has 1 saturated heterocycles. The first-order valence-electron chi connectivity index (χ1n) is 7.59. The first-order chi connectivity index (χ1) is 11.3. The van der Waals surface area contributed by atoms with E-state index in [9.17, 15) is 4.79 Å². The average Bonchev–Trinajstić information content (AvgIpc) is 2.98. The highest BCUT2D eigenvalue weighted by molar-refractivity contribution is 5.89. The minimum atomic E-state index is -0.511. The molecule has 2 heterocycles. The van der Waals surface area contributed by atoms with E-state index >= 15 is 0 Å². The molecular formula is C15H20N4O4. The van der Waals surface area contributed by atoms with Gasteiger partial charge in [0.05, 0.1) is 18.6 Å². The molecule has 2 N–H and O–H groups in total. The molecule has 0 saturated carbocycles. The molecule has 2 aromatic rings. The number of morpholine rings is 1. The molecule has 23 heavy (non-hydrogen) atoms. The van der Waals surface area contributed by atoms with Crippen LogP contribution < -0.4 is 15.4 Å². The second kappa shape index (κ2) is 7.30. The van der Waals surface area contributed by atoms with Gasteiger partial charge in [0, 0.05) is 33.2 Å². The number of carbonyl (C=O) groups is 1. The van der Waals surface area contributed by atoms with Crippen molar-refractivity contribution in [3.05, 3.63) is 18.2 Å². The predicted octanol–water partition coefficient (Wildman–Crippen LogP) is 1.29. The zero-order chi connectivity index (χ0) is 16.1. The van der Waals surface area contributed by atoms with Gasteiger partial charge in [-0.05, 0) is 18.2 Å². The molecule has 3 rings (SSSR count). The van der Waals surface area contributed by atoms with Crippen molar-refractivity contribution >= 4 is 22.9 Å². The molecule has 1 aromatic heterocycles.